The van der Waals surface area contributed by atoms with Crippen molar-refractivity contribution in [1.82, 2.24) is 0 Å². The first kappa shape index (κ1) is 27.6. The van der Waals surface area contributed by atoms with Gasteiger partial charge >= 0.3 is 0 Å². The van der Waals surface area contributed by atoms with E-state index < -0.39 is 0 Å². The van der Waals surface area contributed by atoms with Crippen LogP contribution in [0.3, 0.4) is 0 Å². The first-order valence-corrected chi connectivity index (χ1v) is 15.2. The molecule has 0 spiro atoms. The van der Waals surface area contributed by atoms with Gasteiger partial charge < -0.3 is 0 Å². The number of hydrogen-bond acceptors (Lipinski definition) is 1. The predicted octanol–water partition coefficient (Wildman–Crippen LogP) is 9.92. The number of rotatable bonds is 9. The molecule has 2 atom stereocenters. The third-order valence-electron chi connectivity index (χ3n) is 9.62. The van der Waals surface area contributed by atoms with Gasteiger partial charge in [-0.25, -0.2) is 0 Å². The fourth-order valence-electron chi connectivity index (χ4n) is 7.07. The molecule has 0 aliphatic heterocycles. The third kappa shape index (κ3) is 6.29. The van der Waals surface area contributed by atoms with E-state index in [9.17, 15) is 4.79 Å². The second kappa shape index (κ2) is 11.7. The molecule has 0 bridgehead atoms. The number of fused-ring (bicyclic) bond motifs is 1. The summed E-state index contributed by atoms with van der Waals surface area (Å²) in [6.45, 7) is 13.5. The SMILES string of the molecule is C=C(C1=CC=CC1)C1CCC(C(CC)CC(=O)Cc2ccc3c(c2)C=CC3c2ccc(C(C)(C)C)cc2)CC1. The highest BCUT2D eigenvalue weighted by Crippen LogP contribution is 2.41. The molecular formula is C38H46O. The van der Waals surface area contributed by atoms with Gasteiger partial charge in [0.25, 0.3) is 0 Å². The van der Waals surface area contributed by atoms with Crippen LogP contribution in [0.25, 0.3) is 6.08 Å². The van der Waals surface area contributed by atoms with Gasteiger partial charge in [-0.3, -0.25) is 4.79 Å². The van der Waals surface area contributed by atoms with Crippen molar-refractivity contribution in [3.63, 3.8) is 0 Å². The van der Waals surface area contributed by atoms with Crippen LogP contribution in [0.1, 0.15) is 106 Å². The summed E-state index contributed by atoms with van der Waals surface area (Å²) < 4.78 is 0. The lowest BCUT2D eigenvalue weighted by atomic mass is 9.71. The van der Waals surface area contributed by atoms with Crippen molar-refractivity contribution >= 4 is 11.9 Å². The first-order valence-electron chi connectivity index (χ1n) is 15.2. The number of ketones is 1. The predicted molar refractivity (Wildman–Crippen MR) is 166 cm³/mol. The lowest BCUT2D eigenvalue weighted by Gasteiger charge is -2.34. The van der Waals surface area contributed by atoms with Crippen molar-refractivity contribution < 1.29 is 4.79 Å². The second-order valence-corrected chi connectivity index (χ2v) is 13.2. The van der Waals surface area contributed by atoms with E-state index in [-0.39, 0.29) is 5.41 Å². The molecule has 1 saturated carbocycles. The molecule has 1 fully saturated rings. The fraction of sp³-hybridized carbons (Fsp3) is 0.447. The van der Waals surface area contributed by atoms with Gasteiger partial charge in [-0.15, -0.1) is 0 Å². The van der Waals surface area contributed by atoms with Crippen molar-refractivity contribution in [1.29, 1.82) is 0 Å². The molecule has 3 aliphatic rings. The number of carbonyl (C=O) groups is 1. The highest BCUT2D eigenvalue weighted by atomic mass is 16.1. The van der Waals surface area contributed by atoms with Crippen molar-refractivity contribution in [3.05, 3.63) is 112 Å². The molecule has 3 aliphatic carbocycles. The molecule has 2 aromatic carbocycles. The van der Waals surface area contributed by atoms with Crippen LogP contribution in [0, 0.1) is 17.8 Å². The lowest BCUT2D eigenvalue weighted by molar-refractivity contribution is -0.119. The van der Waals surface area contributed by atoms with Crippen molar-refractivity contribution in [2.45, 2.75) is 90.4 Å². The average molecular weight is 519 g/mol. The standard InChI is InChI=1S/C38H46O/c1-6-28(31-14-12-30(13-15-31)26(2)29-9-7-8-10-29)25-35(39)24-27-11-21-37-33(23-27)18-22-36(37)32-16-19-34(20-17-32)38(3,4)5/h7-9,11,16-23,28,30-31,36H,2,6,10,12-15,24-25H2,1,3-5H3. The summed E-state index contributed by atoms with van der Waals surface area (Å²) >= 11 is 0. The fourth-order valence-corrected chi connectivity index (χ4v) is 7.07. The molecule has 0 saturated heterocycles. The maximum atomic E-state index is 13.2. The van der Waals surface area contributed by atoms with Crippen LogP contribution in [-0.2, 0) is 16.6 Å². The van der Waals surface area contributed by atoms with E-state index in [1.807, 2.05) is 0 Å². The van der Waals surface area contributed by atoms with Crippen LogP contribution in [-0.4, -0.2) is 5.78 Å². The number of carbonyl (C=O) groups excluding carboxylic acids is 1. The van der Waals surface area contributed by atoms with Gasteiger partial charge in [0.1, 0.15) is 5.78 Å². The Hall–Kier alpha value is -2.93. The molecule has 2 aromatic rings. The highest BCUT2D eigenvalue weighted by molar-refractivity contribution is 5.81. The van der Waals surface area contributed by atoms with E-state index in [0.717, 1.165) is 24.8 Å². The molecule has 0 N–H and O–H groups in total. The smallest absolute Gasteiger partial charge is 0.137 e. The van der Waals surface area contributed by atoms with Crippen molar-refractivity contribution in [3.8, 4) is 0 Å². The Morgan fingerprint density at radius 3 is 2.41 bits per heavy atom. The van der Waals surface area contributed by atoms with Gasteiger partial charge in [0.15, 0.2) is 0 Å². The topological polar surface area (TPSA) is 17.1 Å². The summed E-state index contributed by atoms with van der Waals surface area (Å²) in [6.07, 6.45) is 19.5. The van der Waals surface area contributed by atoms with Crippen molar-refractivity contribution in [2.75, 3.05) is 0 Å². The van der Waals surface area contributed by atoms with E-state index in [2.05, 4.69) is 107 Å². The number of benzene rings is 2. The highest BCUT2D eigenvalue weighted by Gasteiger charge is 2.30. The minimum Gasteiger partial charge on any atom is -0.299 e. The molecule has 0 amide bonds. The molecule has 5 rings (SSSR count). The quantitative estimate of drug-likeness (QED) is 0.323. The summed E-state index contributed by atoms with van der Waals surface area (Å²) in [5, 5.41) is 0. The van der Waals surface area contributed by atoms with E-state index in [4.69, 9.17) is 0 Å². The van der Waals surface area contributed by atoms with E-state index in [0.29, 0.717) is 35.9 Å². The summed E-state index contributed by atoms with van der Waals surface area (Å²) in [6, 6.07) is 15.8. The Balaban J connectivity index is 1.16. The van der Waals surface area contributed by atoms with Crippen LogP contribution in [0.4, 0.5) is 0 Å². The van der Waals surface area contributed by atoms with Gasteiger partial charge in [0, 0.05) is 18.8 Å². The Kier molecular flexibility index (Phi) is 8.27. The van der Waals surface area contributed by atoms with Gasteiger partial charge in [-0.2, -0.15) is 0 Å². The zero-order valence-corrected chi connectivity index (χ0v) is 24.5. The van der Waals surface area contributed by atoms with Crippen molar-refractivity contribution in [2.24, 2.45) is 17.8 Å². The molecular weight excluding hydrogens is 472 g/mol. The van der Waals surface area contributed by atoms with Gasteiger partial charge in [-0.05, 0) is 94.2 Å². The van der Waals surface area contributed by atoms with Crippen LogP contribution < -0.4 is 0 Å². The minimum atomic E-state index is 0.166. The van der Waals surface area contributed by atoms with E-state index >= 15 is 0 Å². The average Bonchev–Trinajstić information content (AvgIpc) is 3.61. The summed E-state index contributed by atoms with van der Waals surface area (Å²) in [5.74, 6) is 2.50. The first-order chi connectivity index (χ1) is 18.7. The van der Waals surface area contributed by atoms with E-state index in [1.54, 1.807) is 0 Å². The van der Waals surface area contributed by atoms with Crippen LogP contribution in [0.5, 0.6) is 0 Å². The Morgan fingerprint density at radius 1 is 1.03 bits per heavy atom. The summed E-state index contributed by atoms with van der Waals surface area (Å²) in [4.78, 5) is 13.2. The summed E-state index contributed by atoms with van der Waals surface area (Å²) in [5.41, 5.74) is 9.42. The molecule has 0 radical (unpaired) electrons. The van der Waals surface area contributed by atoms with Crippen LogP contribution in [0.2, 0.25) is 0 Å². The maximum absolute atomic E-state index is 13.2. The molecule has 0 heterocycles. The van der Waals surface area contributed by atoms with Gasteiger partial charge in [0.05, 0.1) is 0 Å². The third-order valence-corrected chi connectivity index (χ3v) is 9.62. The lowest BCUT2D eigenvalue weighted by Crippen LogP contribution is -2.25. The Labute approximate surface area is 236 Å². The number of Topliss-reactive ketones (excluding diaryl/α,β-unsaturated/α-hetero) is 1. The van der Waals surface area contributed by atoms with Crippen LogP contribution in [0.15, 0.2) is 84.5 Å². The number of allylic oxidation sites excluding steroid dienone is 6. The molecule has 0 aromatic heterocycles. The van der Waals surface area contributed by atoms with Gasteiger partial charge in [-0.1, -0.05) is 114 Å². The maximum Gasteiger partial charge on any atom is 0.137 e. The Morgan fingerprint density at radius 2 is 1.77 bits per heavy atom. The molecule has 1 nitrogen and oxygen atoms in total. The normalized spacial score (nSPS) is 23.0. The zero-order valence-electron chi connectivity index (χ0n) is 24.5. The molecule has 2 unspecified atom stereocenters. The molecule has 1 heteroatoms. The Bertz CT molecular complexity index is 1290. The molecule has 39 heavy (non-hydrogen) atoms. The summed E-state index contributed by atoms with van der Waals surface area (Å²) in [7, 11) is 0. The van der Waals surface area contributed by atoms with Crippen LogP contribution >= 0.6 is 0 Å². The van der Waals surface area contributed by atoms with Gasteiger partial charge in [0.2, 0.25) is 0 Å². The largest absolute Gasteiger partial charge is 0.299 e. The van der Waals surface area contributed by atoms with E-state index in [1.165, 1.54) is 59.1 Å². The minimum absolute atomic E-state index is 0.166. The second-order valence-electron chi connectivity index (χ2n) is 13.2. The molecule has 204 valence electrons. The number of hydrogen-bond donors (Lipinski definition) is 0. The monoisotopic (exact) mass is 518 g/mol. The zero-order chi connectivity index (χ0) is 27.6.